The van der Waals surface area contributed by atoms with Gasteiger partial charge in [0, 0.05) is 26.7 Å². The lowest BCUT2D eigenvalue weighted by atomic mass is 9.86. The third kappa shape index (κ3) is 2.94. The number of H-pyrrole nitrogens is 1. The first kappa shape index (κ1) is 18.4. The highest BCUT2D eigenvalue weighted by molar-refractivity contribution is 7.89. The summed E-state index contributed by atoms with van der Waals surface area (Å²) in [7, 11) is -2.19. The van der Waals surface area contributed by atoms with Crippen LogP contribution < -0.4 is 0 Å². The maximum absolute atomic E-state index is 13.4. The quantitative estimate of drug-likeness (QED) is 0.829. The summed E-state index contributed by atoms with van der Waals surface area (Å²) < 4.78 is 33.4. The number of ether oxygens (including phenoxy) is 1. The van der Waals surface area contributed by atoms with E-state index in [2.05, 4.69) is 9.97 Å². The number of aromatic nitrogens is 2. The Morgan fingerprint density at radius 3 is 2.81 bits per heavy atom. The predicted molar refractivity (Wildman–Crippen MR) is 99.6 cm³/mol. The number of carbonyl (C=O) groups excluding carboxylic acids is 1. The van der Waals surface area contributed by atoms with Gasteiger partial charge in [0.25, 0.3) is 0 Å². The molecule has 2 fully saturated rings. The highest BCUT2D eigenvalue weighted by atomic mass is 32.2. The molecular weight excluding hydrogens is 368 g/mol. The molecular formula is C18H24N4O4S. The second-order valence-electron chi connectivity index (χ2n) is 7.18. The van der Waals surface area contributed by atoms with Gasteiger partial charge in [-0.2, -0.15) is 4.31 Å². The second-order valence-corrected chi connectivity index (χ2v) is 9.04. The minimum atomic E-state index is -3.79. The monoisotopic (exact) mass is 392 g/mol. The average molecular weight is 392 g/mol. The van der Waals surface area contributed by atoms with Gasteiger partial charge in [-0.05, 0) is 43.9 Å². The van der Waals surface area contributed by atoms with Crippen LogP contribution in [0.5, 0.6) is 0 Å². The number of nitrogens with zero attached hydrogens (tertiary/aromatic N) is 3. The molecule has 8 nitrogen and oxygen atoms in total. The maximum Gasteiger partial charge on any atom is 0.244 e. The van der Waals surface area contributed by atoms with Gasteiger partial charge in [-0.3, -0.25) is 4.79 Å². The second kappa shape index (κ2) is 6.88. The lowest BCUT2D eigenvalue weighted by Gasteiger charge is -2.43. The van der Waals surface area contributed by atoms with Gasteiger partial charge < -0.3 is 14.6 Å². The first-order valence-electron chi connectivity index (χ1n) is 9.23. The first-order chi connectivity index (χ1) is 13.0. The highest BCUT2D eigenvalue weighted by Crippen LogP contribution is 2.41. The molecule has 4 rings (SSSR count). The van der Waals surface area contributed by atoms with E-state index in [-0.39, 0.29) is 10.8 Å². The summed E-state index contributed by atoms with van der Waals surface area (Å²) in [5.74, 6) is -0.0884. The summed E-state index contributed by atoms with van der Waals surface area (Å²) in [6.07, 6.45) is 4.16. The number of likely N-dealkylation sites (tertiary alicyclic amines) is 1. The van der Waals surface area contributed by atoms with Crippen LogP contribution in [0.2, 0.25) is 0 Å². The van der Waals surface area contributed by atoms with Gasteiger partial charge in [-0.25, -0.2) is 13.4 Å². The van der Waals surface area contributed by atoms with Crippen molar-refractivity contribution in [2.75, 3.05) is 33.4 Å². The zero-order valence-corrected chi connectivity index (χ0v) is 16.2. The Kier molecular flexibility index (Phi) is 4.69. The molecule has 1 aromatic carbocycles. The normalized spacial score (nSPS) is 24.3. The van der Waals surface area contributed by atoms with Crippen LogP contribution in [0.15, 0.2) is 29.4 Å². The molecule has 1 amide bonds. The Morgan fingerprint density at radius 1 is 1.26 bits per heavy atom. The molecule has 1 aromatic heterocycles. The van der Waals surface area contributed by atoms with Crippen LogP contribution in [0.1, 0.15) is 25.7 Å². The lowest BCUT2D eigenvalue weighted by Crippen LogP contribution is -2.61. The molecule has 1 N–H and O–H groups in total. The number of amides is 1. The van der Waals surface area contributed by atoms with Crippen molar-refractivity contribution in [2.45, 2.75) is 36.1 Å². The Labute approximate surface area is 158 Å². The molecule has 2 saturated heterocycles. The van der Waals surface area contributed by atoms with Crippen LogP contribution in [-0.2, 0) is 19.6 Å². The molecule has 0 bridgehead atoms. The summed E-state index contributed by atoms with van der Waals surface area (Å²) in [5.41, 5.74) is 0.416. The molecule has 3 heterocycles. The van der Waals surface area contributed by atoms with E-state index in [0.29, 0.717) is 56.5 Å². The number of hydrogen-bond donors (Lipinski definition) is 1. The molecule has 1 atom stereocenters. The smallest absolute Gasteiger partial charge is 0.244 e. The van der Waals surface area contributed by atoms with Crippen LogP contribution in [0, 0.1) is 0 Å². The highest BCUT2D eigenvalue weighted by Gasteiger charge is 2.55. The Morgan fingerprint density at radius 2 is 2.04 bits per heavy atom. The fraction of sp³-hybridized carbons (Fsp3) is 0.556. The minimum absolute atomic E-state index is 0.0884. The van der Waals surface area contributed by atoms with Crippen molar-refractivity contribution in [3.05, 3.63) is 24.5 Å². The summed E-state index contributed by atoms with van der Waals surface area (Å²) in [6, 6.07) is 4.86. The van der Waals surface area contributed by atoms with Gasteiger partial charge in [-0.1, -0.05) is 0 Å². The number of benzene rings is 1. The Bertz CT molecular complexity index is 957. The Hall–Kier alpha value is -1.97. The number of nitrogens with one attached hydrogen (secondary N) is 1. The molecule has 0 radical (unpaired) electrons. The molecule has 0 aliphatic carbocycles. The summed E-state index contributed by atoms with van der Waals surface area (Å²) >= 11 is 0. The van der Waals surface area contributed by atoms with Crippen molar-refractivity contribution in [1.82, 2.24) is 19.2 Å². The third-order valence-corrected chi connectivity index (χ3v) is 7.64. The van der Waals surface area contributed by atoms with E-state index >= 15 is 0 Å². The number of methoxy groups -OCH3 is 1. The zero-order valence-electron chi connectivity index (χ0n) is 15.3. The topological polar surface area (TPSA) is 95.6 Å². The van der Waals surface area contributed by atoms with Crippen molar-refractivity contribution in [1.29, 1.82) is 0 Å². The minimum Gasteiger partial charge on any atom is -0.383 e. The van der Waals surface area contributed by atoms with Crippen LogP contribution >= 0.6 is 0 Å². The molecule has 27 heavy (non-hydrogen) atoms. The van der Waals surface area contributed by atoms with Crippen LogP contribution in [-0.4, -0.2) is 72.4 Å². The molecule has 2 aliphatic rings. The Balaban J connectivity index is 1.70. The van der Waals surface area contributed by atoms with Gasteiger partial charge in [0.15, 0.2) is 0 Å². The standard InChI is InChI=1S/C18H24N4O4S/c1-26-11-10-21-8-2-6-18(17(21)23)7-3-9-22(18)27(24,25)14-4-5-15-16(12-14)20-13-19-15/h4-5,12-13H,2-3,6-11H2,1H3,(H,19,20). The molecule has 2 aliphatic heterocycles. The van der Waals surface area contributed by atoms with Crippen molar-refractivity contribution >= 4 is 27.0 Å². The summed E-state index contributed by atoms with van der Waals surface area (Å²) in [6.45, 7) is 1.96. The molecule has 1 unspecified atom stereocenters. The maximum atomic E-state index is 13.4. The first-order valence-corrected chi connectivity index (χ1v) is 10.7. The number of sulfonamides is 1. The van der Waals surface area contributed by atoms with Crippen molar-refractivity contribution in [3.8, 4) is 0 Å². The van der Waals surface area contributed by atoms with Gasteiger partial charge in [-0.15, -0.1) is 0 Å². The van der Waals surface area contributed by atoms with E-state index in [9.17, 15) is 13.2 Å². The van der Waals surface area contributed by atoms with E-state index < -0.39 is 15.6 Å². The fourth-order valence-corrected chi connectivity index (χ4v) is 6.20. The van der Waals surface area contributed by atoms with E-state index in [0.717, 1.165) is 6.42 Å². The largest absolute Gasteiger partial charge is 0.383 e. The van der Waals surface area contributed by atoms with E-state index in [1.807, 2.05) is 0 Å². The number of fused-ring (bicyclic) bond motifs is 1. The number of rotatable bonds is 5. The van der Waals surface area contributed by atoms with E-state index in [1.54, 1.807) is 30.2 Å². The summed E-state index contributed by atoms with van der Waals surface area (Å²) in [4.78, 5) is 22.3. The molecule has 9 heteroatoms. The van der Waals surface area contributed by atoms with E-state index in [4.69, 9.17) is 4.74 Å². The number of hydrogen-bond acceptors (Lipinski definition) is 5. The number of imidazole rings is 1. The molecule has 1 spiro atoms. The number of carbonyl (C=O) groups is 1. The fourth-order valence-electron chi connectivity index (χ4n) is 4.35. The summed E-state index contributed by atoms with van der Waals surface area (Å²) in [5, 5.41) is 0. The van der Waals surface area contributed by atoms with Crippen LogP contribution in [0.4, 0.5) is 0 Å². The van der Waals surface area contributed by atoms with Gasteiger partial charge in [0.2, 0.25) is 15.9 Å². The van der Waals surface area contributed by atoms with Crippen LogP contribution in [0.3, 0.4) is 0 Å². The van der Waals surface area contributed by atoms with E-state index in [1.165, 1.54) is 10.6 Å². The van der Waals surface area contributed by atoms with Crippen molar-refractivity contribution < 1.29 is 17.9 Å². The number of aromatic amines is 1. The molecule has 0 saturated carbocycles. The average Bonchev–Trinajstić information content (AvgIpc) is 3.30. The van der Waals surface area contributed by atoms with Crippen molar-refractivity contribution in [3.63, 3.8) is 0 Å². The SMILES string of the molecule is COCCN1CCCC2(CCCN2S(=O)(=O)c2ccc3nc[nH]c3c2)C1=O. The van der Waals surface area contributed by atoms with Crippen LogP contribution in [0.25, 0.3) is 11.0 Å². The van der Waals surface area contributed by atoms with Gasteiger partial charge in [0.05, 0.1) is 28.9 Å². The number of piperidine rings is 1. The van der Waals surface area contributed by atoms with Gasteiger partial charge >= 0.3 is 0 Å². The third-order valence-electron chi connectivity index (χ3n) is 5.68. The molecule has 2 aromatic rings. The lowest BCUT2D eigenvalue weighted by molar-refractivity contribution is -0.145. The predicted octanol–water partition coefficient (Wildman–Crippen LogP) is 1.35. The van der Waals surface area contributed by atoms with Crippen molar-refractivity contribution in [2.24, 2.45) is 0 Å². The molecule has 146 valence electrons. The van der Waals surface area contributed by atoms with Gasteiger partial charge in [0.1, 0.15) is 5.54 Å². The zero-order chi connectivity index (χ0) is 19.1.